The predicted molar refractivity (Wildman–Crippen MR) is 69.5 cm³/mol. The number of hydrogen-bond donors (Lipinski definition) is 5. The second-order valence-electron chi connectivity index (χ2n) is 4.62. The molecule has 108 valence electrons. The third-order valence-electron chi connectivity index (χ3n) is 3.15. The highest BCUT2D eigenvalue weighted by molar-refractivity contribution is 5.87. The summed E-state index contributed by atoms with van der Waals surface area (Å²) >= 11 is 0. The summed E-state index contributed by atoms with van der Waals surface area (Å²) in [5.74, 6) is -1.41. The van der Waals surface area contributed by atoms with Crippen LogP contribution in [0.4, 0.5) is 0 Å². The zero-order chi connectivity index (χ0) is 14.4. The smallest absolute Gasteiger partial charge is 0.326 e. The predicted octanol–water partition coefficient (Wildman–Crippen LogP) is -1.35. The van der Waals surface area contributed by atoms with E-state index in [0.29, 0.717) is 38.8 Å². The number of nitrogens with one attached hydrogen (secondary N) is 2. The van der Waals surface area contributed by atoms with Crippen LogP contribution in [0.3, 0.4) is 0 Å². The maximum atomic E-state index is 12.0. The van der Waals surface area contributed by atoms with Crippen LogP contribution in [0.1, 0.15) is 25.7 Å². The number of carboxylic acids is 1. The van der Waals surface area contributed by atoms with Gasteiger partial charge in [0.1, 0.15) is 6.04 Å². The number of carbonyl (C=O) groups is 2. The monoisotopic (exact) mass is 271 g/mol. The van der Waals surface area contributed by atoms with Gasteiger partial charge in [-0.2, -0.15) is 0 Å². The lowest BCUT2D eigenvalue weighted by Gasteiger charge is -2.24. The van der Waals surface area contributed by atoms with Crippen molar-refractivity contribution in [3.8, 4) is 0 Å². The van der Waals surface area contributed by atoms with E-state index >= 15 is 0 Å². The normalized spacial score (nSPS) is 20.1. The van der Waals surface area contributed by atoms with Crippen LogP contribution in [-0.2, 0) is 9.59 Å². The van der Waals surface area contributed by atoms with Crippen molar-refractivity contribution in [2.75, 3.05) is 13.1 Å². The first-order valence-electron chi connectivity index (χ1n) is 6.30. The van der Waals surface area contributed by atoms with Gasteiger partial charge in [0.15, 0.2) is 5.96 Å². The van der Waals surface area contributed by atoms with E-state index < -0.39 is 18.1 Å². The molecule has 0 aromatic carbocycles. The van der Waals surface area contributed by atoms with Crippen LogP contribution in [0.15, 0.2) is 0 Å². The maximum Gasteiger partial charge on any atom is 0.326 e. The van der Waals surface area contributed by atoms with Gasteiger partial charge in [-0.3, -0.25) is 10.2 Å². The van der Waals surface area contributed by atoms with E-state index in [4.69, 9.17) is 22.0 Å². The van der Waals surface area contributed by atoms with Crippen LogP contribution < -0.4 is 16.8 Å². The number of nitrogens with zero attached hydrogens (tertiary/aromatic N) is 1. The van der Waals surface area contributed by atoms with Crippen LogP contribution in [0.25, 0.3) is 0 Å². The van der Waals surface area contributed by atoms with Crippen LogP contribution in [0.2, 0.25) is 0 Å². The first-order chi connectivity index (χ1) is 8.93. The summed E-state index contributed by atoms with van der Waals surface area (Å²) in [4.78, 5) is 24.4. The zero-order valence-electron chi connectivity index (χ0n) is 10.8. The van der Waals surface area contributed by atoms with E-state index in [1.165, 1.54) is 4.90 Å². The van der Waals surface area contributed by atoms with E-state index in [2.05, 4.69) is 5.32 Å². The number of guanidine groups is 1. The second kappa shape index (κ2) is 6.93. The molecule has 8 heteroatoms. The molecule has 2 atom stereocenters. The van der Waals surface area contributed by atoms with Gasteiger partial charge in [-0.1, -0.05) is 0 Å². The Bertz CT molecular complexity index is 360. The number of nitrogens with two attached hydrogens (primary N) is 2. The minimum Gasteiger partial charge on any atom is -0.480 e. The van der Waals surface area contributed by atoms with Gasteiger partial charge in [-0.25, -0.2) is 4.79 Å². The van der Waals surface area contributed by atoms with E-state index in [1.807, 2.05) is 0 Å². The van der Waals surface area contributed by atoms with Crippen molar-refractivity contribution in [2.24, 2.45) is 11.5 Å². The fourth-order valence-corrected chi connectivity index (χ4v) is 2.17. The minimum absolute atomic E-state index is 0.120. The summed E-state index contributed by atoms with van der Waals surface area (Å²) in [5, 5.41) is 18.6. The van der Waals surface area contributed by atoms with E-state index in [0.717, 1.165) is 0 Å². The number of carbonyl (C=O) groups excluding carboxylic acids is 1. The molecule has 1 saturated heterocycles. The van der Waals surface area contributed by atoms with Gasteiger partial charge in [0, 0.05) is 13.1 Å². The lowest BCUT2D eigenvalue weighted by atomic mass is 10.1. The quantitative estimate of drug-likeness (QED) is 0.229. The van der Waals surface area contributed by atoms with Crippen molar-refractivity contribution in [3.05, 3.63) is 0 Å². The molecule has 7 N–H and O–H groups in total. The van der Waals surface area contributed by atoms with Gasteiger partial charge in [0.05, 0.1) is 6.04 Å². The first kappa shape index (κ1) is 15.2. The number of rotatable bonds is 6. The Kier molecular flexibility index (Phi) is 5.56. The Balaban J connectivity index is 2.39. The van der Waals surface area contributed by atoms with Gasteiger partial charge in [-0.15, -0.1) is 0 Å². The average molecular weight is 271 g/mol. The molecule has 0 bridgehead atoms. The largest absolute Gasteiger partial charge is 0.480 e. The summed E-state index contributed by atoms with van der Waals surface area (Å²) in [6.07, 6.45) is 2.21. The SMILES string of the molecule is N=C(N)NCCCC(N)C(=O)N1CCC[C@H]1C(=O)O. The molecule has 1 amide bonds. The zero-order valence-corrected chi connectivity index (χ0v) is 10.8. The van der Waals surface area contributed by atoms with Crippen LogP contribution >= 0.6 is 0 Å². The molecule has 0 radical (unpaired) electrons. The summed E-state index contributed by atoms with van der Waals surface area (Å²) in [6.45, 7) is 0.924. The average Bonchev–Trinajstić information content (AvgIpc) is 2.82. The Morgan fingerprint density at radius 2 is 2.21 bits per heavy atom. The lowest BCUT2D eigenvalue weighted by Crippen LogP contribution is -2.48. The van der Waals surface area contributed by atoms with Crippen LogP contribution in [0.5, 0.6) is 0 Å². The molecular formula is C11H21N5O3. The summed E-state index contributed by atoms with van der Waals surface area (Å²) in [5.41, 5.74) is 10.9. The molecule has 1 fully saturated rings. The highest BCUT2D eigenvalue weighted by atomic mass is 16.4. The molecule has 0 spiro atoms. The highest BCUT2D eigenvalue weighted by Gasteiger charge is 2.35. The highest BCUT2D eigenvalue weighted by Crippen LogP contribution is 2.18. The molecule has 8 nitrogen and oxygen atoms in total. The van der Waals surface area contributed by atoms with Crippen molar-refractivity contribution in [1.82, 2.24) is 10.2 Å². The number of hydrogen-bond acceptors (Lipinski definition) is 4. The standard InChI is InChI=1S/C11H21N5O3/c12-7(3-1-5-15-11(13)14)9(17)16-6-2-4-8(16)10(18)19/h7-8H,1-6,12H2,(H,18,19)(H4,13,14,15)/t7?,8-/m0/s1. The van der Waals surface area contributed by atoms with Crippen molar-refractivity contribution in [3.63, 3.8) is 0 Å². The third-order valence-corrected chi connectivity index (χ3v) is 3.15. The molecule has 19 heavy (non-hydrogen) atoms. The van der Waals surface area contributed by atoms with Gasteiger partial charge in [0.25, 0.3) is 0 Å². The molecule has 1 unspecified atom stereocenters. The van der Waals surface area contributed by atoms with E-state index in [9.17, 15) is 9.59 Å². The van der Waals surface area contributed by atoms with Crippen molar-refractivity contribution in [1.29, 1.82) is 5.41 Å². The van der Waals surface area contributed by atoms with E-state index in [1.54, 1.807) is 0 Å². The van der Waals surface area contributed by atoms with Crippen molar-refractivity contribution < 1.29 is 14.7 Å². The molecule has 0 aromatic rings. The summed E-state index contributed by atoms with van der Waals surface area (Å²) in [7, 11) is 0. The molecule has 0 aromatic heterocycles. The molecule has 1 heterocycles. The summed E-state index contributed by atoms with van der Waals surface area (Å²) < 4.78 is 0. The van der Waals surface area contributed by atoms with Gasteiger partial charge >= 0.3 is 5.97 Å². The van der Waals surface area contributed by atoms with Crippen LogP contribution in [-0.4, -0.2) is 53.0 Å². The van der Waals surface area contributed by atoms with Gasteiger partial charge < -0.3 is 26.8 Å². The number of aliphatic carboxylic acids is 1. The molecule has 1 rings (SSSR count). The van der Waals surface area contributed by atoms with Crippen molar-refractivity contribution >= 4 is 17.8 Å². The number of carboxylic acid groups (broad SMARTS) is 1. The van der Waals surface area contributed by atoms with Gasteiger partial charge in [-0.05, 0) is 25.7 Å². The second-order valence-corrected chi connectivity index (χ2v) is 4.62. The molecular weight excluding hydrogens is 250 g/mol. The summed E-state index contributed by atoms with van der Waals surface area (Å²) in [6, 6.07) is -1.44. The lowest BCUT2D eigenvalue weighted by molar-refractivity contribution is -0.148. The molecule has 1 aliphatic heterocycles. The Labute approximate surface area is 111 Å². The fraction of sp³-hybridized carbons (Fsp3) is 0.727. The first-order valence-corrected chi connectivity index (χ1v) is 6.30. The maximum absolute atomic E-state index is 12.0. The Morgan fingerprint density at radius 1 is 1.53 bits per heavy atom. The minimum atomic E-state index is -0.976. The molecule has 0 aliphatic carbocycles. The van der Waals surface area contributed by atoms with Crippen LogP contribution in [0, 0.1) is 5.41 Å². The number of likely N-dealkylation sites (tertiary alicyclic amines) is 1. The number of amides is 1. The van der Waals surface area contributed by atoms with E-state index in [-0.39, 0.29) is 11.9 Å². The topological polar surface area (TPSA) is 146 Å². The Hall–Kier alpha value is -1.83. The van der Waals surface area contributed by atoms with Crippen molar-refractivity contribution in [2.45, 2.75) is 37.8 Å². The molecule has 0 saturated carbocycles. The third kappa shape index (κ3) is 4.40. The van der Waals surface area contributed by atoms with Gasteiger partial charge in [0.2, 0.25) is 5.91 Å². The fourth-order valence-electron chi connectivity index (χ4n) is 2.17. The molecule has 1 aliphatic rings. The Morgan fingerprint density at radius 3 is 2.79 bits per heavy atom.